The van der Waals surface area contributed by atoms with E-state index in [1.54, 1.807) is 0 Å². The van der Waals surface area contributed by atoms with Gasteiger partial charge < -0.3 is 0 Å². The van der Waals surface area contributed by atoms with Crippen LogP contribution in [-0.4, -0.2) is 11.1 Å². The summed E-state index contributed by atoms with van der Waals surface area (Å²) in [4.78, 5) is 0. The van der Waals surface area contributed by atoms with Crippen LogP contribution in [0.3, 0.4) is 0 Å². The van der Waals surface area contributed by atoms with Crippen molar-refractivity contribution < 1.29 is 0 Å². The summed E-state index contributed by atoms with van der Waals surface area (Å²) in [6.45, 7) is 17.8. The molecule has 0 aliphatic rings. The minimum atomic E-state index is 0.0910. The first kappa shape index (κ1) is 13.0. The van der Waals surface area contributed by atoms with Gasteiger partial charge in [-0.15, -0.1) is 0 Å². The van der Waals surface area contributed by atoms with Gasteiger partial charge in [-0.3, -0.25) is 0 Å². The van der Waals surface area contributed by atoms with Gasteiger partial charge in [0.1, 0.15) is 0 Å². The van der Waals surface area contributed by atoms with Crippen LogP contribution in [-0.2, 0) is 0 Å². The van der Waals surface area contributed by atoms with Crippen LogP contribution in [0.1, 0.15) is 55.4 Å². The van der Waals surface area contributed by atoms with Gasteiger partial charge in [0.05, 0.1) is 0 Å². The number of hydrogen-bond acceptors (Lipinski definition) is 0. The smallest absolute Gasteiger partial charge is 0.0329 e. The van der Waals surface area contributed by atoms with E-state index in [0.717, 1.165) is 0 Å². The molecule has 0 atom stereocenters. The monoisotopic (exact) mass is 184 g/mol. The summed E-state index contributed by atoms with van der Waals surface area (Å²) in [5, 5.41) is 4.94. The summed E-state index contributed by atoms with van der Waals surface area (Å²) < 4.78 is 0. The Kier molecular flexibility index (Phi) is 3.98. The zero-order valence-corrected chi connectivity index (χ0v) is 10.6. The Bertz CT molecular complexity index is 137. The van der Waals surface area contributed by atoms with Gasteiger partial charge in [0, 0.05) is 11.1 Å². The molecule has 0 fully saturated rings. The van der Waals surface area contributed by atoms with Crippen LogP contribution < -0.4 is 5.32 Å². The molecule has 79 valence electrons. The molecule has 0 unspecified atom stereocenters. The van der Waals surface area contributed by atoms with Gasteiger partial charge in [-0.2, -0.15) is 0 Å². The molecule has 0 aromatic heterocycles. The Morgan fingerprint density at radius 3 is 1.08 bits per heavy atom. The fraction of sp³-hybridized carbons (Fsp3) is 1.00. The van der Waals surface area contributed by atoms with Crippen molar-refractivity contribution in [2.24, 2.45) is 11.8 Å². The second-order valence-corrected chi connectivity index (χ2v) is 5.73. The quantitative estimate of drug-likeness (QED) is 0.635. The third kappa shape index (κ3) is 3.68. The molecule has 0 amide bonds. The fourth-order valence-corrected chi connectivity index (χ4v) is 1.00. The summed E-state index contributed by atoms with van der Waals surface area (Å²) in [7, 11) is 0. The normalized spacial score (nSPS) is 14.3. The molecular weight excluding hydrogens is 158 g/mol. The lowest BCUT2D eigenvalue weighted by atomic mass is 9.83. The zero-order chi connectivity index (χ0) is 10.9. The van der Waals surface area contributed by atoms with Crippen molar-refractivity contribution in [1.82, 2.24) is 5.32 Å². The van der Waals surface area contributed by atoms with E-state index in [4.69, 9.17) is 5.32 Å². The van der Waals surface area contributed by atoms with Gasteiger partial charge in [-0.25, -0.2) is 5.32 Å². The van der Waals surface area contributed by atoms with Crippen molar-refractivity contribution in [3.05, 3.63) is 0 Å². The first-order chi connectivity index (χ1) is 5.59. The largest absolute Gasteiger partial charge is 0.229 e. The minimum Gasteiger partial charge on any atom is -0.229 e. The fourth-order valence-electron chi connectivity index (χ4n) is 1.00. The SMILES string of the molecule is CC(C)C(C)(C)[N]C(C)(C)C(C)C. The molecule has 1 heteroatoms. The molecular formula is C12H26N. The molecule has 0 saturated carbocycles. The topological polar surface area (TPSA) is 14.1 Å². The van der Waals surface area contributed by atoms with E-state index < -0.39 is 0 Å². The molecule has 0 N–H and O–H groups in total. The molecule has 0 bridgehead atoms. The van der Waals surface area contributed by atoms with E-state index in [1.807, 2.05) is 0 Å². The Morgan fingerprint density at radius 1 is 0.692 bits per heavy atom. The van der Waals surface area contributed by atoms with Gasteiger partial charge in [0.15, 0.2) is 0 Å². The number of rotatable bonds is 4. The van der Waals surface area contributed by atoms with E-state index in [0.29, 0.717) is 11.8 Å². The molecule has 0 rings (SSSR count). The molecule has 0 aromatic carbocycles. The predicted octanol–water partition coefficient (Wildman–Crippen LogP) is 3.46. The molecule has 1 nitrogen and oxygen atoms in total. The average molecular weight is 184 g/mol. The van der Waals surface area contributed by atoms with Gasteiger partial charge in [0.25, 0.3) is 0 Å². The van der Waals surface area contributed by atoms with Crippen LogP contribution >= 0.6 is 0 Å². The van der Waals surface area contributed by atoms with E-state index in [-0.39, 0.29) is 11.1 Å². The number of nitrogens with zero attached hydrogens (tertiary/aromatic N) is 1. The lowest BCUT2D eigenvalue weighted by Crippen LogP contribution is -2.51. The second-order valence-electron chi connectivity index (χ2n) is 5.73. The lowest BCUT2D eigenvalue weighted by molar-refractivity contribution is 0.161. The summed E-state index contributed by atoms with van der Waals surface area (Å²) >= 11 is 0. The predicted molar refractivity (Wildman–Crippen MR) is 60.0 cm³/mol. The third-order valence-corrected chi connectivity index (χ3v) is 3.40. The first-order valence-electron chi connectivity index (χ1n) is 5.33. The summed E-state index contributed by atoms with van der Waals surface area (Å²) in [5.41, 5.74) is 0.182. The molecule has 0 heterocycles. The van der Waals surface area contributed by atoms with Gasteiger partial charge >= 0.3 is 0 Å². The Balaban J connectivity index is 4.42. The lowest BCUT2D eigenvalue weighted by Gasteiger charge is -2.40. The van der Waals surface area contributed by atoms with Crippen molar-refractivity contribution in [2.45, 2.75) is 66.5 Å². The molecule has 1 radical (unpaired) electrons. The van der Waals surface area contributed by atoms with Crippen LogP contribution in [0.5, 0.6) is 0 Å². The maximum atomic E-state index is 4.94. The standard InChI is InChI=1S/C12H26N/c1-9(2)11(5,6)13-12(7,8)10(3)4/h9-10H,1-8H3. The van der Waals surface area contributed by atoms with Crippen molar-refractivity contribution in [3.63, 3.8) is 0 Å². The van der Waals surface area contributed by atoms with E-state index in [9.17, 15) is 0 Å². The molecule has 0 aliphatic carbocycles. The number of hydrogen-bond donors (Lipinski definition) is 0. The molecule has 0 saturated heterocycles. The molecule has 0 aromatic rings. The molecule has 13 heavy (non-hydrogen) atoms. The van der Waals surface area contributed by atoms with Gasteiger partial charge in [0.2, 0.25) is 0 Å². The molecule has 0 aliphatic heterocycles. The van der Waals surface area contributed by atoms with Crippen LogP contribution in [0, 0.1) is 11.8 Å². The van der Waals surface area contributed by atoms with Crippen LogP contribution in [0.25, 0.3) is 0 Å². The Labute approximate surface area is 84.3 Å². The van der Waals surface area contributed by atoms with Crippen LogP contribution in [0.2, 0.25) is 0 Å². The highest BCUT2D eigenvalue weighted by atomic mass is 15.0. The van der Waals surface area contributed by atoms with Gasteiger partial charge in [-0.05, 0) is 39.5 Å². The second kappa shape index (κ2) is 4.00. The highest BCUT2D eigenvalue weighted by molar-refractivity contribution is 4.91. The first-order valence-corrected chi connectivity index (χ1v) is 5.33. The average Bonchev–Trinajstić information content (AvgIpc) is 1.83. The van der Waals surface area contributed by atoms with Crippen LogP contribution in [0.4, 0.5) is 0 Å². The molecule has 0 spiro atoms. The Hall–Kier alpha value is -0.0400. The summed E-state index contributed by atoms with van der Waals surface area (Å²) in [6.07, 6.45) is 0. The van der Waals surface area contributed by atoms with E-state index in [1.165, 1.54) is 0 Å². The summed E-state index contributed by atoms with van der Waals surface area (Å²) in [5.74, 6) is 1.20. The minimum absolute atomic E-state index is 0.0910. The van der Waals surface area contributed by atoms with Gasteiger partial charge in [-0.1, -0.05) is 27.7 Å². The maximum absolute atomic E-state index is 4.94. The van der Waals surface area contributed by atoms with E-state index >= 15 is 0 Å². The van der Waals surface area contributed by atoms with Crippen molar-refractivity contribution in [3.8, 4) is 0 Å². The van der Waals surface area contributed by atoms with Crippen molar-refractivity contribution >= 4 is 0 Å². The maximum Gasteiger partial charge on any atom is 0.0329 e. The summed E-state index contributed by atoms with van der Waals surface area (Å²) in [6, 6.07) is 0. The highest BCUT2D eigenvalue weighted by Gasteiger charge is 2.33. The highest BCUT2D eigenvalue weighted by Crippen LogP contribution is 2.26. The third-order valence-electron chi connectivity index (χ3n) is 3.40. The van der Waals surface area contributed by atoms with Crippen molar-refractivity contribution in [1.29, 1.82) is 0 Å². The van der Waals surface area contributed by atoms with E-state index in [2.05, 4.69) is 55.4 Å². The van der Waals surface area contributed by atoms with Crippen molar-refractivity contribution in [2.75, 3.05) is 0 Å². The van der Waals surface area contributed by atoms with Crippen LogP contribution in [0.15, 0.2) is 0 Å². The Morgan fingerprint density at radius 2 is 0.923 bits per heavy atom. The zero-order valence-electron chi connectivity index (χ0n) is 10.6.